The van der Waals surface area contributed by atoms with Gasteiger partial charge < -0.3 is 107 Å². The summed E-state index contributed by atoms with van der Waals surface area (Å²) < 4.78 is 0. The molecular formula is C67H104N16O20. The Morgan fingerprint density at radius 3 is 1.30 bits per heavy atom. The van der Waals surface area contributed by atoms with Crippen molar-refractivity contribution in [2.45, 2.75) is 204 Å². The van der Waals surface area contributed by atoms with Crippen molar-refractivity contribution >= 4 is 94.7 Å². The summed E-state index contributed by atoms with van der Waals surface area (Å²) in [6.45, 7) is 9.59. The number of carboxylic acid groups (broad SMARTS) is 3. The fourth-order valence-corrected chi connectivity index (χ4v) is 10.1. The zero-order valence-corrected chi connectivity index (χ0v) is 59.1. The number of carboxylic acids is 3. The highest BCUT2D eigenvalue weighted by atomic mass is 16.4. The fraction of sp³-hybridized carbons (Fsp3) is 0.582. The highest BCUT2D eigenvalue weighted by Crippen LogP contribution is 2.14. The number of aliphatic hydroxyl groups is 1. The smallest absolute Gasteiger partial charge is 0.326 e. The summed E-state index contributed by atoms with van der Waals surface area (Å²) >= 11 is 0. The third kappa shape index (κ3) is 33.9. The second-order valence-corrected chi connectivity index (χ2v) is 25.9. The molecule has 103 heavy (non-hydrogen) atoms. The summed E-state index contributed by atoms with van der Waals surface area (Å²) in [4.78, 5) is 213. The molecule has 0 unspecified atom stereocenters. The third-order valence-corrected chi connectivity index (χ3v) is 15.9. The van der Waals surface area contributed by atoms with Crippen LogP contribution in [-0.2, 0) is 89.6 Å². The number of unbranched alkanes of at least 4 members (excludes halogenated alkanes) is 2. The zero-order chi connectivity index (χ0) is 77.6. The van der Waals surface area contributed by atoms with Crippen molar-refractivity contribution in [3.63, 3.8) is 0 Å². The minimum atomic E-state index is -2.05. The van der Waals surface area contributed by atoms with Crippen LogP contribution in [0, 0.1) is 17.8 Å². The number of amides is 13. The van der Waals surface area contributed by atoms with Crippen molar-refractivity contribution in [2.75, 3.05) is 26.2 Å². The van der Waals surface area contributed by atoms with Gasteiger partial charge in [0.2, 0.25) is 76.8 Å². The Hall–Kier alpha value is -10.2. The molecule has 0 aromatic heterocycles. The molecular weight excluding hydrogens is 1350 g/mol. The summed E-state index contributed by atoms with van der Waals surface area (Å²) in [5.74, 6) is -19.4. The summed E-state index contributed by atoms with van der Waals surface area (Å²) in [6.07, 6.45) is -1.44. The van der Waals surface area contributed by atoms with Crippen molar-refractivity contribution in [3.05, 3.63) is 71.8 Å². The van der Waals surface area contributed by atoms with E-state index in [1.54, 1.807) is 74.5 Å². The van der Waals surface area contributed by atoms with Crippen LogP contribution >= 0.6 is 0 Å². The van der Waals surface area contributed by atoms with E-state index in [0.29, 0.717) is 49.8 Å². The van der Waals surface area contributed by atoms with Gasteiger partial charge in [-0.25, -0.2) is 4.79 Å². The van der Waals surface area contributed by atoms with Crippen LogP contribution in [0.3, 0.4) is 0 Å². The molecule has 0 bridgehead atoms. The molecule has 2 aromatic carbocycles. The molecule has 36 nitrogen and oxygen atoms in total. The van der Waals surface area contributed by atoms with Gasteiger partial charge in [0, 0.05) is 19.3 Å². The van der Waals surface area contributed by atoms with E-state index in [1.807, 2.05) is 13.8 Å². The molecule has 12 atom stereocenters. The van der Waals surface area contributed by atoms with Crippen LogP contribution in [0.4, 0.5) is 0 Å². The van der Waals surface area contributed by atoms with Crippen LogP contribution in [0.5, 0.6) is 0 Å². The van der Waals surface area contributed by atoms with E-state index in [0.717, 1.165) is 0 Å². The molecule has 0 saturated carbocycles. The first-order valence-corrected chi connectivity index (χ1v) is 33.9. The first-order chi connectivity index (χ1) is 48.5. The molecule has 0 aliphatic heterocycles. The number of carbonyl (C=O) groups is 16. The minimum absolute atomic E-state index is 0.0637. The van der Waals surface area contributed by atoms with Crippen molar-refractivity contribution in [1.29, 1.82) is 0 Å². The summed E-state index contributed by atoms with van der Waals surface area (Å²) in [5, 5.41) is 67.8. The summed E-state index contributed by atoms with van der Waals surface area (Å²) in [6, 6.07) is -1.62. The minimum Gasteiger partial charge on any atom is -0.481 e. The number of benzene rings is 2. The second kappa shape index (κ2) is 46.3. The van der Waals surface area contributed by atoms with E-state index in [2.05, 4.69) is 63.8 Å². The molecule has 2 aromatic rings. The molecule has 13 amide bonds. The highest BCUT2D eigenvalue weighted by molar-refractivity contribution is 6.00. The Kier molecular flexibility index (Phi) is 40.0. The van der Waals surface area contributed by atoms with E-state index in [9.17, 15) is 97.1 Å². The Bertz CT molecular complexity index is 3200. The van der Waals surface area contributed by atoms with E-state index in [4.69, 9.17) is 22.9 Å². The lowest BCUT2D eigenvalue weighted by atomic mass is 9.98. The molecule has 0 radical (unpaired) electrons. The molecule has 36 heteroatoms. The van der Waals surface area contributed by atoms with Crippen LogP contribution in [-0.4, -0.2) is 214 Å². The Morgan fingerprint density at radius 2 is 0.825 bits per heavy atom. The maximum absolute atomic E-state index is 14.7. The van der Waals surface area contributed by atoms with Crippen molar-refractivity contribution in [3.8, 4) is 0 Å². The molecule has 572 valence electrons. The van der Waals surface area contributed by atoms with Crippen molar-refractivity contribution in [2.24, 2.45) is 40.7 Å². The average Bonchev–Trinajstić information content (AvgIpc) is 0.866. The predicted octanol–water partition coefficient (Wildman–Crippen LogP) is -4.82. The molecule has 0 heterocycles. The number of aliphatic hydroxyl groups excluding tert-OH is 1. The van der Waals surface area contributed by atoms with Gasteiger partial charge in [0.15, 0.2) is 0 Å². The Labute approximate surface area is 596 Å². The maximum Gasteiger partial charge on any atom is 0.326 e. The normalized spacial score (nSPS) is 14.6. The fourth-order valence-electron chi connectivity index (χ4n) is 10.1. The standard InChI is InChI=1S/C67H104N16O20/c1-35(2)28-44(77-57(92)41(70)22-14-16-26-68)62(97)83-55(37(5)6)66(101)81-46(30-40-20-12-9-13-21-40)60(95)78-45(29-39-18-10-8-11-19-39)59(94)73-38(7)56(91)75-42(24-25-52(87)88)58(93)80-48(32-53(89)90)63(98)82-54(36(3)4)65(100)72-33-51(86)74-49(34-84)64(99)79-47(31-50(71)85)61(96)76-43(67(102)103)23-15-17-27-69/h8-13,18-21,35-38,41-49,54-55,84H,14-17,22-34,68-70H2,1-7H3,(H2,71,85)(H,72,100)(H,73,94)(H,74,86)(H,75,91)(H,76,96)(H,77,92)(H,78,95)(H,79,99)(H,80,93)(H,81,101)(H,82,98)(H,83,97)(H,87,88)(H,89,90)(H,102,103)/t38-,41-,42-,43-,44-,45-,46-,47-,48-,49-,54-,55-/m1/s1. The first-order valence-electron chi connectivity index (χ1n) is 33.9. The third-order valence-electron chi connectivity index (χ3n) is 15.9. The summed E-state index contributed by atoms with van der Waals surface area (Å²) in [5.41, 5.74) is 23.5. The Morgan fingerprint density at radius 1 is 0.408 bits per heavy atom. The quantitative estimate of drug-likeness (QED) is 0.0276. The molecule has 24 N–H and O–H groups in total. The van der Waals surface area contributed by atoms with Gasteiger partial charge in [-0.05, 0) is 93.8 Å². The molecule has 0 saturated heterocycles. The largest absolute Gasteiger partial charge is 0.481 e. The number of hydrogen-bond donors (Lipinski definition) is 20. The number of aliphatic carboxylic acids is 3. The lowest BCUT2D eigenvalue weighted by molar-refractivity contribution is -0.143. The van der Waals surface area contributed by atoms with Crippen LogP contribution < -0.4 is 86.7 Å². The van der Waals surface area contributed by atoms with Gasteiger partial charge in [-0.3, -0.25) is 71.9 Å². The number of nitrogens with two attached hydrogens (primary N) is 4. The second-order valence-electron chi connectivity index (χ2n) is 25.9. The molecule has 0 aliphatic carbocycles. The monoisotopic (exact) mass is 1450 g/mol. The number of hydrogen-bond acceptors (Lipinski definition) is 20. The van der Waals surface area contributed by atoms with Gasteiger partial charge in [-0.2, -0.15) is 0 Å². The van der Waals surface area contributed by atoms with E-state index < -0.39 is 218 Å². The zero-order valence-electron chi connectivity index (χ0n) is 59.1. The Balaban J connectivity index is 2.37. The molecule has 0 aliphatic rings. The number of primary amides is 1. The SMILES string of the molecule is CC(C)C[C@@H](NC(=O)[C@H](N)CCCCN)C(=O)N[C@@H](C(=O)N[C@H](Cc1ccccc1)C(=O)N[C@H](Cc1ccccc1)C(=O)N[C@H](C)C(=O)N[C@H](CCC(=O)O)C(=O)N[C@H](CC(=O)O)C(=O)N[C@@H](C(=O)NCC(=O)N[C@H](CO)C(=O)N[C@H](CC(N)=O)C(=O)N[C@H](CCCCN)C(=O)O)C(C)C)C(C)C. The van der Waals surface area contributed by atoms with Crippen molar-refractivity contribution < 1.29 is 97.1 Å². The van der Waals surface area contributed by atoms with Gasteiger partial charge in [0.05, 0.1) is 32.0 Å². The molecule has 2 rings (SSSR count). The van der Waals surface area contributed by atoms with Crippen LogP contribution in [0.25, 0.3) is 0 Å². The van der Waals surface area contributed by atoms with Crippen molar-refractivity contribution in [1.82, 2.24) is 63.8 Å². The number of nitrogens with one attached hydrogen (secondary N) is 12. The lowest BCUT2D eigenvalue weighted by Gasteiger charge is -2.29. The molecule has 0 fully saturated rings. The van der Waals surface area contributed by atoms with Gasteiger partial charge in [-0.15, -0.1) is 0 Å². The van der Waals surface area contributed by atoms with E-state index in [-0.39, 0.29) is 38.1 Å². The van der Waals surface area contributed by atoms with Crippen LogP contribution in [0.1, 0.15) is 130 Å². The van der Waals surface area contributed by atoms with E-state index in [1.165, 1.54) is 20.8 Å². The average molecular weight is 1450 g/mol. The number of carbonyl (C=O) groups excluding carboxylic acids is 13. The van der Waals surface area contributed by atoms with Gasteiger partial charge in [-0.1, -0.05) is 109 Å². The topological polar surface area (TPSA) is 602 Å². The highest BCUT2D eigenvalue weighted by Gasteiger charge is 2.38. The molecule has 0 spiro atoms. The van der Waals surface area contributed by atoms with Crippen LogP contribution in [0.2, 0.25) is 0 Å². The van der Waals surface area contributed by atoms with Crippen LogP contribution in [0.15, 0.2) is 60.7 Å². The number of rotatable bonds is 49. The predicted molar refractivity (Wildman–Crippen MR) is 371 cm³/mol. The first kappa shape index (κ1) is 88.9. The van der Waals surface area contributed by atoms with Gasteiger partial charge in [0.25, 0.3) is 0 Å². The van der Waals surface area contributed by atoms with Gasteiger partial charge in [0.1, 0.15) is 66.5 Å². The van der Waals surface area contributed by atoms with E-state index >= 15 is 0 Å². The maximum atomic E-state index is 14.7. The van der Waals surface area contributed by atoms with Gasteiger partial charge >= 0.3 is 17.9 Å². The lowest BCUT2D eigenvalue weighted by Crippen LogP contribution is -2.61. The summed E-state index contributed by atoms with van der Waals surface area (Å²) in [7, 11) is 0.